The summed E-state index contributed by atoms with van der Waals surface area (Å²) in [6.45, 7) is 0. The number of aromatic nitrogens is 3. The third kappa shape index (κ3) is 1.94. The van der Waals surface area contributed by atoms with Gasteiger partial charge in [-0.1, -0.05) is 18.2 Å². The number of para-hydroxylation sites is 1. The average Bonchev–Trinajstić information content (AvgIpc) is 3.10. The van der Waals surface area contributed by atoms with Crippen molar-refractivity contribution in [1.29, 1.82) is 0 Å². The van der Waals surface area contributed by atoms with E-state index in [2.05, 4.69) is 10.1 Å². The van der Waals surface area contributed by atoms with Gasteiger partial charge in [0.25, 0.3) is 0 Å². The predicted molar refractivity (Wildman–Crippen MR) is 71.7 cm³/mol. The van der Waals surface area contributed by atoms with Gasteiger partial charge in [-0.2, -0.15) is 5.10 Å². The zero-order valence-corrected chi connectivity index (χ0v) is 10.4. The van der Waals surface area contributed by atoms with Crippen LogP contribution in [0.3, 0.4) is 0 Å². The molecule has 0 aliphatic carbocycles. The number of nitrogens with zero attached hydrogens (tertiary/aromatic N) is 3. The fraction of sp³-hybridized carbons (Fsp3) is 0.0769. The first-order valence-electron chi connectivity index (χ1n) is 5.59. The summed E-state index contributed by atoms with van der Waals surface area (Å²) in [6, 6.07) is 11.6. The van der Waals surface area contributed by atoms with Crippen LogP contribution in [0.4, 0.5) is 0 Å². The van der Waals surface area contributed by atoms with E-state index in [0.29, 0.717) is 0 Å². The summed E-state index contributed by atoms with van der Waals surface area (Å²) in [5.74, 6) is 0. The van der Waals surface area contributed by atoms with Crippen LogP contribution in [-0.4, -0.2) is 14.8 Å². The molecular formula is C13H12N4S. The van der Waals surface area contributed by atoms with Crippen molar-refractivity contribution in [1.82, 2.24) is 14.8 Å². The maximum atomic E-state index is 6.23. The average molecular weight is 256 g/mol. The van der Waals surface area contributed by atoms with E-state index in [1.807, 2.05) is 46.5 Å². The molecule has 0 aliphatic rings. The van der Waals surface area contributed by atoms with Crippen LogP contribution >= 0.6 is 11.3 Å². The van der Waals surface area contributed by atoms with Crippen LogP contribution in [0.25, 0.3) is 5.69 Å². The van der Waals surface area contributed by atoms with Crippen LogP contribution in [0.1, 0.15) is 17.4 Å². The first kappa shape index (κ1) is 11.1. The Hall–Kier alpha value is -1.98. The highest BCUT2D eigenvalue weighted by Crippen LogP contribution is 2.21. The molecule has 1 unspecified atom stereocenters. The lowest BCUT2D eigenvalue weighted by Crippen LogP contribution is -2.17. The van der Waals surface area contributed by atoms with Gasteiger partial charge in [-0.25, -0.2) is 9.67 Å². The van der Waals surface area contributed by atoms with Gasteiger partial charge in [0.2, 0.25) is 0 Å². The minimum absolute atomic E-state index is 0.251. The fourth-order valence-electron chi connectivity index (χ4n) is 1.86. The van der Waals surface area contributed by atoms with Crippen molar-refractivity contribution in [2.45, 2.75) is 6.04 Å². The summed E-state index contributed by atoms with van der Waals surface area (Å²) in [7, 11) is 0. The second-order valence-electron chi connectivity index (χ2n) is 3.89. The van der Waals surface area contributed by atoms with Crippen LogP contribution < -0.4 is 5.73 Å². The number of thiazole rings is 1. The molecule has 2 heterocycles. The highest BCUT2D eigenvalue weighted by molar-refractivity contribution is 7.07. The van der Waals surface area contributed by atoms with E-state index in [4.69, 9.17) is 5.73 Å². The molecule has 3 rings (SSSR count). The van der Waals surface area contributed by atoms with Crippen LogP contribution in [0.15, 0.2) is 53.5 Å². The van der Waals surface area contributed by atoms with Crippen molar-refractivity contribution in [3.8, 4) is 5.69 Å². The normalized spacial score (nSPS) is 12.5. The molecule has 0 amide bonds. The van der Waals surface area contributed by atoms with E-state index < -0.39 is 0 Å². The largest absolute Gasteiger partial charge is 0.318 e. The first-order valence-corrected chi connectivity index (χ1v) is 6.53. The molecule has 0 spiro atoms. The topological polar surface area (TPSA) is 56.7 Å². The van der Waals surface area contributed by atoms with Crippen molar-refractivity contribution in [2.24, 2.45) is 5.73 Å². The Labute approximate surface area is 109 Å². The molecule has 1 aromatic carbocycles. The summed E-state index contributed by atoms with van der Waals surface area (Å²) >= 11 is 1.55. The first-order chi connectivity index (χ1) is 8.86. The van der Waals surface area contributed by atoms with Gasteiger partial charge in [0.15, 0.2) is 0 Å². The molecule has 5 heteroatoms. The van der Waals surface area contributed by atoms with E-state index in [-0.39, 0.29) is 6.04 Å². The highest BCUT2D eigenvalue weighted by atomic mass is 32.1. The zero-order chi connectivity index (χ0) is 12.4. The molecule has 1 atom stereocenters. The van der Waals surface area contributed by atoms with E-state index >= 15 is 0 Å². The lowest BCUT2D eigenvalue weighted by atomic mass is 10.1. The molecular weight excluding hydrogens is 244 g/mol. The van der Waals surface area contributed by atoms with Gasteiger partial charge in [0, 0.05) is 11.6 Å². The van der Waals surface area contributed by atoms with Crippen molar-refractivity contribution in [2.75, 3.05) is 0 Å². The van der Waals surface area contributed by atoms with Crippen molar-refractivity contribution >= 4 is 11.3 Å². The third-order valence-electron chi connectivity index (χ3n) is 2.76. The maximum Gasteiger partial charge on any atom is 0.0910 e. The SMILES string of the molecule is NC(c1cscn1)c1ccnn1-c1ccccc1. The predicted octanol–water partition coefficient (Wildman–Crippen LogP) is 2.38. The van der Waals surface area contributed by atoms with Crippen molar-refractivity contribution in [3.63, 3.8) is 0 Å². The van der Waals surface area contributed by atoms with Crippen molar-refractivity contribution < 1.29 is 0 Å². The Morgan fingerprint density at radius 3 is 2.72 bits per heavy atom. The minimum Gasteiger partial charge on any atom is -0.318 e. The van der Waals surface area contributed by atoms with E-state index in [9.17, 15) is 0 Å². The summed E-state index contributed by atoms with van der Waals surface area (Å²) in [6.07, 6.45) is 1.76. The van der Waals surface area contributed by atoms with Gasteiger partial charge in [-0.15, -0.1) is 11.3 Å². The van der Waals surface area contributed by atoms with Crippen LogP contribution in [0.2, 0.25) is 0 Å². The smallest absolute Gasteiger partial charge is 0.0910 e. The third-order valence-corrected chi connectivity index (χ3v) is 3.37. The molecule has 4 nitrogen and oxygen atoms in total. The van der Waals surface area contributed by atoms with E-state index in [0.717, 1.165) is 17.1 Å². The Balaban J connectivity index is 2.02. The second-order valence-corrected chi connectivity index (χ2v) is 4.61. The zero-order valence-electron chi connectivity index (χ0n) is 9.60. The lowest BCUT2D eigenvalue weighted by molar-refractivity contribution is 0.726. The molecule has 2 N–H and O–H groups in total. The Bertz CT molecular complexity index is 616. The standard InChI is InChI=1S/C13H12N4S/c14-13(11-8-18-9-15-11)12-6-7-16-17(12)10-4-2-1-3-5-10/h1-9,13H,14H2. The molecule has 0 bridgehead atoms. The van der Waals surface area contributed by atoms with Crippen LogP contribution in [0, 0.1) is 0 Å². The molecule has 0 fully saturated rings. The molecule has 0 saturated heterocycles. The van der Waals surface area contributed by atoms with Gasteiger partial charge in [0.05, 0.1) is 28.6 Å². The molecule has 18 heavy (non-hydrogen) atoms. The van der Waals surface area contributed by atoms with Gasteiger partial charge in [-0.05, 0) is 18.2 Å². The molecule has 0 radical (unpaired) electrons. The Kier molecular flexibility index (Phi) is 2.92. The fourth-order valence-corrected chi connectivity index (χ4v) is 2.45. The van der Waals surface area contributed by atoms with Crippen molar-refractivity contribution in [3.05, 3.63) is 64.9 Å². The molecule has 0 saturated carbocycles. The van der Waals surface area contributed by atoms with Crippen LogP contribution in [0.5, 0.6) is 0 Å². The lowest BCUT2D eigenvalue weighted by Gasteiger charge is -2.12. The molecule has 3 aromatic rings. The van der Waals surface area contributed by atoms with E-state index in [1.54, 1.807) is 23.0 Å². The van der Waals surface area contributed by atoms with E-state index in [1.165, 1.54) is 0 Å². The molecule has 0 aliphatic heterocycles. The number of hydrogen-bond acceptors (Lipinski definition) is 4. The number of nitrogens with two attached hydrogens (primary N) is 1. The van der Waals surface area contributed by atoms with Crippen LogP contribution in [-0.2, 0) is 0 Å². The number of hydrogen-bond donors (Lipinski definition) is 1. The summed E-state index contributed by atoms with van der Waals surface area (Å²) in [4.78, 5) is 4.26. The van der Waals surface area contributed by atoms with Gasteiger partial charge in [0.1, 0.15) is 0 Å². The highest BCUT2D eigenvalue weighted by Gasteiger charge is 2.16. The molecule has 2 aromatic heterocycles. The monoisotopic (exact) mass is 256 g/mol. The second kappa shape index (κ2) is 4.72. The number of benzene rings is 1. The minimum atomic E-state index is -0.251. The summed E-state index contributed by atoms with van der Waals surface area (Å²) < 4.78 is 1.85. The summed E-state index contributed by atoms with van der Waals surface area (Å²) in [5, 5.41) is 6.29. The number of rotatable bonds is 3. The quantitative estimate of drug-likeness (QED) is 0.782. The van der Waals surface area contributed by atoms with Gasteiger partial charge in [-0.3, -0.25) is 0 Å². The van der Waals surface area contributed by atoms with Gasteiger partial charge < -0.3 is 5.73 Å². The summed E-state index contributed by atoms with van der Waals surface area (Å²) in [5.41, 5.74) is 10.8. The van der Waals surface area contributed by atoms with Gasteiger partial charge >= 0.3 is 0 Å². The maximum absolute atomic E-state index is 6.23. The Morgan fingerprint density at radius 1 is 1.17 bits per heavy atom. The Morgan fingerprint density at radius 2 is 2.00 bits per heavy atom. The molecule has 90 valence electrons.